The van der Waals surface area contributed by atoms with Gasteiger partial charge < -0.3 is 14.0 Å². The first-order valence-electron chi connectivity index (χ1n) is 6.78. The van der Waals surface area contributed by atoms with E-state index in [0.29, 0.717) is 11.8 Å². The molecule has 0 amide bonds. The van der Waals surface area contributed by atoms with Crippen LogP contribution in [0.2, 0.25) is 0 Å². The van der Waals surface area contributed by atoms with E-state index in [4.69, 9.17) is 26.1 Å². The van der Waals surface area contributed by atoms with Crippen molar-refractivity contribution in [1.29, 1.82) is 0 Å². The molecule has 110 valence electrons. The van der Waals surface area contributed by atoms with Gasteiger partial charge in [-0.3, -0.25) is 0 Å². The molecule has 1 atom stereocenters. The second kappa shape index (κ2) is 6.95. The number of hydrogen-bond donors (Lipinski definition) is 0. The van der Waals surface area contributed by atoms with E-state index in [2.05, 4.69) is 17.6 Å². The Morgan fingerprint density at radius 2 is 2.15 bits per heavy atom. The lowest BCUT2D eigenvalue weighted by atomic mass is 10.2. The van der Waals surface area contributed by atoms with Gasteiger partial charge in [-0.1, -0.05) is 13.0 Å². The minimum Gasteiger partial charge on any atom is -0.494 e. The molecule has 1 unspecified atom stereocenters. The molecule has 0 bridgehead atoms. The fourth-order valence-electron chi connectivity index (χ4n) is 2.46. The normalized spacial score (nSPS) is 12.8. The van der Waals surface area contributed by atoms with Crippen molar-refractivity contribution in [2.75, 3.05) is 26.7 Å². The molecule has 0 aliphatic heterocycles. The minimum atomic E-state index is 0.415. The lowest BCUT2D eigenvalue weighted by molar-refractivity contribution is 0.151. The number of methoxy groups -OCH3 is 2. The largest absolute Gasteiger partial charge is 0.494 e. The van der Waals surface area contributed by atoms with Crippen molar-refractivity contribution in [3.63, 3.8) is 0 Å². The van der Waals surface area contributed by atoms with E-state index in [1.165, 1.54) is 0 Å². The van der Waals surface area contributed by atoms with Crippen molar-refractivity contribution < 1.29 is 9.47 Å². The van der Waals surface area contributed by atoms with E-state index in [1.54, 1.807) is 14.2 Å². The smallest absolute Gasteiger partial charge is 0.146 e. The van der Waals surface area contributed by atoms with E-state index in [1.807, 2.05) is 12.1 Å². The molecule has 0 saturated carbocycles. The van der Waals surface area contributed by atoms with Crippen LogP contribution in [0.15, 0.2) is 18.2 Å². The molecule has 2 aromatic rings. The Balaban J connectivity index is 2.45. The zero-order valence-corrected chi connectivity index (χ0v) is 13.0. The van der Waals surface area contributed by atoms with Gasteiger partial charge in [0.25, 0.3) is 0 Å². The van der Waals surface area contributed by atoms with Crippen molar-refractivity contribution in [2.24, 2.45) is 5.92 Å². The Morgan fingerprint density at radius 3 is 2.80 bits per heavy atom. The highest BCUT2D eigenvalue weighted by molar-refractivity contribution is 6.17. The van der Waals surface area contributed by atoms with Crippen LogP contribution in [0.3, 0.4) is 0 Å². The van der Waals surface area contributed by atoms with Crippen LogP contribution < -0.4 is 4.74 Å². The van der Waals surface area contributed by atoms with Crippen LogP contribution in [0.5, 0.6) is 5.75 Å². The van der Waals surface area contributed by atoms with Gasteiger partial charge >= 0.3 is 0 Å². The van der Waals surface area contributed by atoms with Crippen LogP contribution >= 0.6 is 11.6 Å². The summed E-state index contributed by atoms with van der Waals surface area (Å²) in [5, 5.41) is 0. The van der Waals surface area contributed by atoms with E-state index in [9.17, 15) is 0 Å². The molecular formula is C15H21ClN2O2. The molecule has 4 nitrogen and oxygen atoms in total. The lowest BCUT2D eigenvalue weighted by Gasteiger charge is -2.14. The van der Waals surface area contributed by atoms with Crippen LogP contribution in [-0.2, 0) is 17.7 Å². The van der Waals surface area contributed by atoms with Gasteiger partial charge in [-0.15, -0.1) is 11.6 Å². The molecule has 0 fully saturated rings. The standard InChI is InChI=1S/C15H21ClN2O2/c1-11(10-19-2)9-18-12-5-4-6-13(20-3)15(12)17-14(18)7-8-16/h4-6,11H,7-10H2,1-3H3. The number of para-hydroxylation sites is 1. The number of benzene rings is 1. The number of aryl methyl sites for hydroxylation is 1. The highest BCUT2D eigenvalue weighted by atomic mass is 35.5. The molecule has 20 heavy (non-hydrogen) atoms. The Hall–Kier alpha value is -1.26. The van der Waals surface area contributed by atoms with Gasteiger partial charge in [0, 0.05) is 26.0 Å². The monoisotopic (exact) mass is 296 g/mol. The summed E-state index contributed by atoms with van der Waals surface area (Å²) in [6.07, 6.45) is 0.749. The highest BCUT2D eigenvalue weighted by Gasteiger charge is 2.15. The summed E-state index contributed by atoms with van der Waals surface area (Å²) in [6.45, 7) is 3.76. The number of imidazole rings is 1. The summed E-state index contributed by atoms with van der Waals surface area (Å²) in [6, 6.07) is 6.00. The molecular weight excluding hydrogens is 276 g/mol. The molecule has 0 spiro atoms. The summed E-state index contributed by atoms with van der Waals surface area (Å²) in [5.74, 6) is 2.78. The number of ether oxygens (including phenoxy) is 2. The minimum absolute atomic E-state index is 0.415. The summed E-state index contributed by atoms with van der Waals surface area (Å²) < 4.78 is 12.8. The van der Waals surface area contributed by atoms with Crippen molar-refractivity contribution in [2.45, 2.75) is 19.9 Å². The van der Waals surface area contributed by atoms with Gasteiger partial charge in [-0.05, 0) is 18.1 Å². The van der Waals surface area contributed by atoms with E-state index >= 15 is 0 Å². The highest BCUT2D eigenvalue weighted by Crippen LogP contribution is 2.26. The predicted octanol–water partition coefficient (Wildman–Crippen LogP) is 3.11. The molecule has 1 heterocycles. The Labute approximate surface area is 124 Å². The van der Waals surface area contributed by atoms with Crippen LogP contribution in [0.1, 0.15) is 12.7 Å². The molecule has 1 aromatic heterocycles. The maximum Gasteiger partial charge on any atom is 0.146 e. The van der Waals surface area contributed by atoms with E-state index in [-0.39, 0.29) is 0 Å². The van der Waals surface area contributed by atoms with Crippen molar-refractivity contribution in [3.8, 4) is 5.75 Å². The number of fused-ring (bicyclic) bond motifs is 1. The zero-order chi connectivity index (χ0) is 14.5. The Bertz CT molecular complexity index is 568. The molecule has 0 saturated heterocycles. The van der Waals surface area contributed by atoms with Gasteiger partial charge in [-0.2, -0.15) is 0 Å². The predicted molar refractivity (Wildman–Crippen MR) is 81.7 cm³/mol. The average molecular weight is 297 g/mol. The summed E-state index contributed by atoms with van der Waals surface area (Å²) in [4.78, 5) is 4.70. The number of rotatable bonds is 7. The fourth-order valence-corrected chi connectivity index (χ4v) is 2.63. The average Bonchev–Trinajstić information content (AvgIpc) is 2.77. The van der Waals surface area contributed by atoms with Gasteiger partial charge in [0.05, 0.1) is 19.2 Å². The number of nitrogens with zero attached hydrogens (tertiary/aromatic N) is 2. The number of halogens is 1. The zero-order valence-electron chi connectivity index (χ0n) is 12.2. The first kappa shape index (κ1) is 15.1. The van der Waals surface area contributed by atoms with Crippen LogP contribution in [-0.4, -0.2) is 36.3 Å². The maximum absolute atomic E-state index is 5.90. The topological polar surface area (TPSA) is 36.3 Å². The van der Waals surface area contributed by atoms with Crippen molar-refractivity contribution in [3.05, 3.63) is 24.0 Å². The SMILES string of the molecule is COCC(C)Cn1c(CCCl)nc2c(OC)cccc21. The number of hydrogen-bond acceptors (Lipinski definition) is 3. The van der Waals surface area contributed by atoms with Crippen LogP contribution in [0.4, 0.5) is 0 Å². The van der Waals surface area contributed by atoms with Crippen LogP contribution in [0.25, 0.3) is 11.0 Å². The second-order valence-electron chi connectivity index (χ2n) is 4.97. The first-order valence-corrected chi connectivity index (χ1v) is 7.31. The third-order valence-electron chi connectivity index (χ3n) is 3.30. The van der Waals surface area contributed by atoms with Gasteiger partial charge in [0.2, 0.25) is 0 Å². The fraction of sp³-hybridized carbons (Fsp3) is 0.533. The number of alkyl halides is 1. The molecule has 0 radical (unpaired) electrons. The molecule has 2 rings (SSSR count). The second-order valence-corrected chi connectivity index (χ2v) is 5.34. The lowest BCUT2D eigenvalue weighted by Crippen LogP contribution is -2.15. The summed E-state index contributed by atoms with van der Waals surface area (Å²) >= 11 is 5.90. The molecule has 1 aromatic carbocycles. The maximum atomic E-state index is 5.90. The first-order chi connectivity index (χ1) is 9.71. The molecule has 0 N–H and O–H groups in total. The molecule has 5 heteroatoms. The van der Waals surface area contributed by atoms with Crippen LogP contribution in [0, 0.1) is 5.92 Å². The van der Waals surface area contributed by atoms with Crippen molar-refractivity contribution in [1.82, 2.24) is 9.55 Å². The van der Waals surface area contributed by atoms with Crippen molar-refractivity contribution >= 4 is 22.6 Å². The summed E-state index contributed by atoms with van der Waals surface area (Å²) in [5.41, 5.74) is 1.99. The third kappa shape index (κ3) is 3.07. The molecule has 0 aliphatic rings. The summed E-state index contributed by atoms with van der Waals surface area (Å²) in [7, 11) is 3.40. The molecule has 0 aliphatic carbocycles. The van der Waals surface area contributed by atoms with Gasteiger partial charge in [-0.25, -0.2) is 4.98 Å². The Morgan fingerprint density at radius 1 is 1.35 bits per heavy atom. The van der Waals surface area contributed by atoms with Gasteiger partial charge in [0.15, 0.2) is 0 Å². The third-order valence-corrected chi connectivity index (χ3v) is 3.49. The quantitative estimate of drug-likeness (QED) is 0.737. The number of aromatic nitrogens is 2. The van der Waals surface area contributed by atoms with E-state index < -0.39 is 0 Å². The van der Waals surface area contributed by atoms with Gasteiger partial charge in [0.1, 0.15) is 17.1 Å². The van der Waals surface area contributed by atoms with E-state index in [0.717, 1.165) is 42.2 Å². The Kier molecular flexibility index (Phi) is 5.26.